The van der Waals surface area contributed by atoms with E-state index in [9.17, 15) is 15.0 Å². The molecular formula is C31H40N2O3. The Balaban J connectivity index is 1.39. The van der Waals surface area contributed by atoms with Crippen molar-refractivity contribution in [2.45, 2.75) is 90.1 Å². The van der Waals surface area contributed by atoms with Crippen LogP contribution in [0, 0.1) is 10.8 Å². The molecule has 36 heavy (non-hydrogen) atoms. The van der Waals surface area contributed by atoms with E-state index in [-0.39, 0.29) is 39.8 Å². The van der Waals surface area contributed by atoms with Crippen LogP contribution in [0.1, 0.15) is 76.6 Å². The zero-order chi connectivity index (χ0) is 25.8. The first kappa shape index (κ1) is 23.7. The van der Waals surface area contributed by atoms with Crippen LogP contribution in [-0.4, -0.2) is 51.2 Å². The largest absolute Gasteiger partial charge is 0.508 e. The number of urea groups is 1. The van der Waals surface area contributed by atoms with Crippen LogP contribution in [0.5, 0.6) is 11.5 Å². The summed E-state index contributed by atoms with van der Waals surface area (Å²) in [5, 5.41) is 21.5. The van der Waals surface area contributed by atoms with E-state index in [1.54, 1.807) is 12.1 Å². The van der Waals surface area contributed by atoms with E-state index < -0.39 is 0 Å². The quantitative estimate of drug-likeness (QED) is 0.497. The van der Waals surface area contributed by atoms with Crippen molar-refractivity contribution in [2.24, 2.45) is 10.8 Å². The fourth-order valence-corrected chi connectivity index (χ4v) is 8.47. The Morgan fingerprint density at radius 1 is 0.722 bits per heavy atom. The second-order valence-corrected chi connectivity index (χ2v) is 13.3. The molecule has 5 heteroatoms. The van der Waals surface area contributed by atoms with Gasteiger partial charge in [0.1, 0.15) is 11.5 Å². The summed E-state index contributed by atoms with van der Waals surface area (Å²) in [4.78, 5) is 18.7. The molecule has 2 heterocycles. The molecule has 4 bridgehead atoms. The highest BCUT2D eigenvalue weighted by atomic mass is 16.3. The number of amides is 2. The smallest absolute Gasteiger partial charge is 0.320 e. The molecular weight excluding hydrogens is 448 g/mol. The summed E-state index contributed by atoms with van der Waals surface area (Å²) >= 11 is 0. The fraction of sp³-hybridized carbons (Fsp3) is 0.581. The molecule has 192 valence electrons. The molecule has 0 aromatic heterocycles. The predicted molar refractivity (Wildman–Crippen MR) is 142 cm³/mol. The highest BCUT2D eigenvalue weighted by Crippen LogP contribution is 2.59. The van der Waals surface area contributed by atoms with Gasteiger partial charge in [-0.25, -0.2) is 4.79 Å². The molecule has 0 saturated carbocycles. The van der Waals surface area contributed by atoms with Crippen molar-refractivity contribution in [3.8, 4) is 11.5 Å². The molecule has 6 rings (SSSR count). The van der Waals surface area contributed by atoms with Gasteiger partial charge < -0.3 is 20.0 Å². The van der Waals surface area contributed by atoms with Crippen LogP contribution in [0.4, 0.5) is 4.79 Å². The molecule has 2 fully saturated rings. The van der Waals surface area contributed by atoms with E-state index in [0.29, 0.717) is 24.3 Å². The number of carbonyl (C=O) groups excluding carboxylic acids is 1. The van der Waals surface area contributed by atoms with Crippen molar-refractivity contribution in [1.82, 2.24) is 9.80 Å². The lowest BCUT2D eigenvalue weighted by Gasteiger charge is -2.64. The molecule has 4 atom stereocenters. The molecule has 2 aromatic carbocycles. The molecule has 2 aliphatic carbocycles. The number of phenolic OH excluding ortho intramolecular Hbond substituents is 2. The zero-order valence-corrected chi connectivity index (χ0v) is 22.6. The first-order valence-electron chi connectivity index (χ1n) is 13.5. The normalized spacial score (nSPS) is 33.5. The number of phenols is 2. The third-order valence-electron chi connectivity index (χ3n) is 11.7. The van der Waals surface area contributed by atoms with Gasteiger partial charge in [-0.2, -0.15) is 0 Å². The SMILES string of the molecule is CC1(C)[C@H]2Cc3c(O)cccc3[C@]1(C)CCN2C(=O)N1CC[C@@]2(C)c3cccc(O)c3C[C@@H]1C2(C)C. The number of benzene rings is 2. The minimum atomic E-state index is -0.126. The maximum atomic E-state index is 14.5. The van der Waals surface area contributed by atoms with Crippen LogP contribution in [-0.2, 0) is 23.7 Å². The van der Waals surface area contributed by atoms with E-state index in [1.807, 2.05) is 12.1 Å². The number of aromatic hydroxyl groups is 2. The van der Waals surface area contributed by atoms with E-state index in [1.165, 1.54) is 11.1 Å². The third-order valence-corrected chi connectivity index (χ3v) is 11.7. The van der Waals surface area contributed by atoms with Crippen molar-refractivity contribution in [3.05, 3.63) is 58.7 Å². The average molecular weight is 489 g/mol. The molecule has 4 aliphatic rings. The molecule has 2 amide bonds. The Hall–Kier alpha value is -2.69. The minimum absolute atomic E-state index is 0.0188. The van der Waals surface area contributed by atoms with Gasteiger partial charge >= 0.3 is 6.03 Å². The lowest BCUT2D eigenvalue weighted by atomic mass is 9.50. The molecule has 2 N–H and O–H groups in total. The van der Waals surface area contributed by atoms with Crippen LogP contribution < -0.4 is 0 Å². The van der Waals surface area contributed by atoms with Gasteiger partial charge in [0.25, 0.3) is 0 Å². The summed E-state index contributed by atoms with van der Waals surface area (Å²) in [6.45, 7) is 15.3. The Labute approximate surface area is 215 Å². The molecule has 5 nitrogen and oxygen atoms in total. The summed E-state index contributed by atoms with van der Waals surface area (Å²) in [5.74, 6) is 0.700. The highest BCUT2D eigenvalue weighted by Gasteiger charge is 2.61. The van der Waals surface area contributed by atoms with Crippen molar-refractivity contribution in [3.63, 3.8) is 0 Å². The van der Waals surface area contributed by atoms with Gasteiger partial charge in [0.15, 0.2) is 0 Å². The third kappa shape index (κ3) is 2.70. The summed E-state index contributed by atoms with van der Waals surface area (Å²) in [7, 11) is 0. The Kier molecular flexibility index (Phi) is 4.74. The molecule has 2 aliphatic heterocycles. The maximum Gasteiger partial charge on any atom is 0.320 e. The molecule has 0 radical (unpaired) electrons. The van der Waals surface area contributed by atoms with Crippen LogP contribution in [0.25, 0.3) is 0 Å². The monoisotopic (exact) mass is 488 g/mol. The van der Waals surface area contributed by atoms with Gasteiger partial charge in [0, 0.05) is 36.0 Å². The van der Waals surface area contributed by atoms with Crippen LogP contribution in [0.3, 0.4) is 0 Å². The van der Waals surface area contributed by atoms with Gasteiger partial charge in [-0.15, -0.1) is 0 Å². The highest BCUT2D eigenvalue weighted by molar-refractivity contribution is 5.77. The van der Waals surface area contributed by atoms with E-state index >= 15 is 0 Å². The topological polar surface area (TPSA) is 64.0 Å². The number of hydrogen-bond donors (Lipinski definition) is 2. The Morgan fingerprint density at radius 2 is 1.11 bits per heavy atom. The van der Waals surface area contributed by atoms with Gasteiger partial charge in [0.05, 0.1) is 0 Å². The Morgan fingerprint density at radius 3 is 1.50 bits per heavy atom. The second kappa shape index (κ2) is 7.20. The van der Waals surface area contributed by atoms with E-state index in [4.69, 9.17) is 0 Å². The van der Waals surface area contributed by atoms with Gasteiger partial charge in [0.2, 0.25) is 0 Å². The maximum absolute atomic E-state index is 14.5. The predicted octanol–water partition coefficient (Wildman–Crippen LogP) is 5.75. The lowest BCUT2D eigenvalue weighted by molar-refractivity contribution is -0.0545. The Bertz CT molecular complexity index is 1170. The summed E-state index contributed by atoms with van der Waals surface area (Å²) < 4.78 is 0. The van der Waals surface area contributed by atoms with Crippen molar-refractivity contribution in [2.75, 3.05) is 13.1 Å². The number of nitrogens with zero attached hydrogens (tertiary/aromatic N) is 2. The van der Waals surface area contributed by atoms with Gasteiger partial charge in [-0.3, -0.25) is 0 Å². The summed E-state index contributed by atoms with van der Waals surface area (Å²) in [6.07, 6.45) is 3.11. The van der Waals surface area contributed by atoms with Crippen molar-refractivity contribution in [1.29, 1.82) is 0 Å². The standard InChI is InChI=1S/C31H40N2O3/c1-28(2)25-17-19-21(9-7-11-23(19)34)30(28,5)13-15-32(25)27(36)33-16-14-31(6)22-10-8-12-24(35)20(22)18-26(33)29(31,3)4/h7-12,25-26,34-35H,13-18H2,1-6H3/t25-,26-,30+,31+/m1/s1. The molecule has 2 aromatic rings. The second-order valence-electron chi connectivity index (χ2n) is 13.3. The zero-order valence-electron chi connectivity index (χ0n) is 22.6. The molecule has 0 spiro atoms. The lowest BCUT2D eigenvalue weighted by Crippen LogP contribution is -2.70. The minimum Gasteiger partial charge on any atom is -0.508 e. The van der Waals surface area contributed by atoms with Crippen LogP contribution in [0.2, 0.25) is 0 Å². The van der Waals surface area contributed by atoms with E-state index in [2.05, 4.69) is 63.5 Å². The van der Waals surface area contributed by atoms with Crippen molar-refractivity contribution < 1.29 is 15.0 Å². The summed E-state index contributed by atoms with van der Waals surface area (Å²) in [6, 6.07) is 12.0. The van der Waals surface area contributed by atoms with Gasteiger partial charge in [-0.05, 0) is 70.9 Å². The number of piperidine rings is 2. The number of rotatable bonds is 0. The van der Waals surface area contributed by atoms with Crippen LogP contribution in [0.15, 0.2) is 36.4 Å². The summed E-state index contributed by atoms with van der Waals surface area (Å²) in [5.41, 5.74) is 4.04. The molecule has 2 saturated heterocycles. The number of hydrogen-bond acceptors (Lipinski definition) is 3. The van der Waals surface area contributed by atoms with Crippen LogP contribution >= 0.6 is 0 Å². The first-order valence-corrected chi connectivity index (χ1v) is 13.5. The first-order chi connectivity index (χ1) is 16.8. The fourth-order valence-electron chi connectivity index (χ4n) is 8.47. The van der Waals surface area contributed by atoms with Crippen molar-refractivity contribution >= 4 is 6.03 Å². The number of carbonyl (C=O) groups is 1. The van der Waals surface area contributed by atoms with Gasteiger partial charge in [-0.1, -0.05) is 65.8 Å². The number of fused-ring (bicyclic) bond motifs is 8. The number of likely N-dealkylation sites (tertiary alicyclic amines) is 2. The molecule has 0 unspecified atom stereocenters. The van der Waals surface area contributed by atoms with E-state index in [0.717, 1.165) is 37.1 Å². The average Bonchev–Trinajstić information content (AvgIpc) is 2.79.